The van der Waals surface area contributed by atoms with Crippen molar-refractivity contribution in [3.8, 4) is 11.5 Å². The van der Waals surface area contributed by atoms with Crippen molar-refractivity contribution < 1.29 is 9.47 Å². The Morgan fingerprint density at radius 3 is 2.70 bits per heavy atom. The lowest BCUT2D eigenvalue weighted by Gasteiger charge is -2.17. The van der Waals surface area contributed by atoms with Crippen molar-refractivity contribution in [1.29, 1.82) is 0 Å². The quantitative estimate of drug-likeness (QED) is 0.938. The molecule has 3 rings (SSSR count). The van der Waals surface area contributed by atoms with Gasteiger partial charge in [0.1, 0.15) is 0 Å². The Bertz CT molecular complexity index is 568. The van der Waals surface area contributed by atoms with Crippen LogP contribution in [0.15, 0.2) is 35.7 Å². The number of hydrogen-bond acceptors (Lipinski definition) is 4. The van der Waals surface area contributed by atoms with E-state index in [0.29, 0.717) is 19.1 Å². The maximum absolute atomic E-state index is 5.86. The molecule has 0 amide bonds. The van der Waals surface area contributed by atoms with E-state index in [4.69, 9.17) is 9.47 Å². The van der Waals surface area contributed by atoms with Crippen molar-refractivity contribution >= 4 is 11.3 Å². The highest BCUT2D eigenvalue weighted by Gasteiger charge is 2.19. The molecule has 0 saturated heterocycles. The standard InChI is InChI=1S/C16H19NO2S/c1-11-9-18-13-6-5-12(8-14(13)19-10-11)16(17-2)15-4-3-7-20-15/h3-8,11,16-17H,9-10H2,1-2H3. The molecule has 0 fully saturated rings. The van der Waals surface area contributed by atoms with Gasteiger partial charge >= 0.3 is 0 Å². The summed E-state index contributed by atoms with van der Waals surface area (Å²) in [5.41, 5.74) is 1.20. The number of thiophene rings is 1. The van der Waals surface area contributed by atoms with Crippen LogP contribution in [-0.2, 0) is 0 Å². The molecule has 3 nitrogen and oxygen atoms in total. The minimum absolute atomic E-state index is 0.199. The van der Waals surface area contributed by atoms with Crippen molar-refractivity contribution in [2.75, 3.05) is 20.3 Å². The summed E-state index contributed by atoms with van der Waals surface area (Å²) in [5, 5.41) is 5.47. The number of rotatable bonds is 3. The van der Waals surface area contributed by atoms with Crippen LogP contribution < -0.4 is 14.8 Å². The van der Waals surface area contributed by atoms with Crippen LogP contribution in [0, 0.1) is 5.92 Å². The third-order valence-corrected chi connectivity index (χ3v) is 4.40. The molecule has 0 spiro atoms. The van der Waals surface area contributed by atoms with E-state index in [1.165, 1.54) is 10.4 Å². The first-order chi connectivity index (χ1) is 9.78. The van der Waals surface area contributed by atoms with Crippen molar-refractivity contribution in [3.63, 3.8) is 0 Å². The average Bonchev–Trinajstić information content (AvgIpc) is 2.92. The Morgan fingerprint density at radius 2 is 2.00 bits per heavy atom. The van der Waals surface area contributed by atoms with Gasteiger partial charge in [-0.05, 0) is 36.2 Å². The van der Waals surface area contributed by atoms with Crippen LogP contribution in [0.5, 0.6) is 11.5 Å². The summed E-state index contributed by atoms with van der Waals surface area (Å²) in [6.45, 7) is 3.56. The zero-order chi connectivity index (χ0) is 13.9. The molecule has 4 heteroatoms. The molecular weight excluding hydrogens is 270 g/mol. The number of benzene rings is 1. The molecule has 0 bridgehead atoms. The zero-order valence-electron chi connectivity index (χ0n) is 11.8. The van der Waals surface area contributed by atoms with Gasteiger partial charge < -0.3 is 14.8 Å². The molecule has 1 aromatic carbocycles. The number of fused-ring (bicyclic) bond motifs is 1. The molecule has 2 aromatic rings. The van der Waals surface area contributed by atoms with Crippen LogP contribution in [-0.4, -0.2) is 20.3 Å². The van der Waals surface area contributed by atoms with Gasteiger partial charge in [-0.3, -0.25) is 0 Å². The van der Waals surface area contributed by atoms with Crippen LogP contribution in [0.25, 0.3) is 0 Å². The Kier molecular flexibility index (Phi) is 3.94. The van der Waals surface area contributed by atoms with Gasteiger partial charge in [0.25, 0.3) is 0 Å². The fourth-order valence-electron chi connectivity index (χ4n) is 2.38. The molecule has 1 N–H and O–H groups in total. The van der Waals surface area contributed by atoms with E-state index in [9.17, 15) is 0 Å². The first-order valence-corrected chi connectivity index (χ1v) is 7.76. The van der Waals surface area contributed by atoms with Crippen LogP contribution in [0.2, 0.25) is 0 Å². The summed E-state index contributed by atoms with van der Waals surface area (Å²) in [5.74, 6) is 2.12. The highest BCUT2D eigenvalue weighted by atomic mass is 32.1. The van der Waals surface area contributed by atoms with E-state index in [-0.39, 0.29) is 6.04 Å². The van der Waals surface area contributed by atoms with Crippen molar-refractivity contribution in [2.24, 2.45) is 5.92 Å². The summed E-state index contributed by atoms with van der Waals surface area (Å²) in [7, 11) is 1.98. The Hall–Kier alpha value is -1.52. The van der Waals surface area contributed by atoms with Gasteiger partial charge in [0.05, 0.1) is 19.3 Å². The molecule has 0 saturated carbocycles. The van der Waals surface area contributed by atoms with Gasteiger partial charge in [0.2, 0.25) is 0 Å². The second kappa shape index (κ2) is 5.85. The molecule has 0 aliphatic carbocycles. The fraction of sp³-hybridized carbons (Fsp3) is 0.375. The van der Waals surface area contributed by atoms with Gasteiger partial charge in [-0.1, -0.05) is 19.1 Å². The van der Waals surface area contributed by atoms with Gasteiger partial charge in [0, 0.05) is 10.8 Å². The normalized spacial score (nSPS) is 19.4. The van der Waals surface area contributed by atoms with Gasteiger partial charge in [-0.25, -0.2) is 0 Å². The van der Waals surface area contributed by atoms with Crippen LogP contribution in [0.1, 0.15) is 23.4 Å². The summed E-state index contributed by atoms with van der Waals surface area (Å²) >= 11 is 1.76. The molecule has 1 aliphatic rings. The SMILES string of the molecule is CNC(c1ccc2c(c1)OCC(C)CO2)c1cccs1. The highest BCUT2D eigenvalue weighted by Crippen LogP contribution is 2.35. The number of nitrogens with one attached hydrogen (secondary N) is 1. The minimum atomic E-state index is 0.199. The van der Waals surface area contributed by atoms with Crippen LogP contribution in [0.4, 0.5) is 0 Å². The summed E-state index contributed by atoms with van der Waals surface area (Å²) < 4.78 is 11.6. The molecular formula is C16H19NO2S. The topological polar surface area (TPSA) is 30.5 Å². The average molecular weight is 289 g/mol. The molecule has 106 valence electrons. The molecule has 20 heavy (non-hydrogen) atoms. The van der Waals surface area contributed by atoms with Gasteiger partial charge in [-0.2, -0.15) is 0 Å². The lowest BCUT2D eigenvalue weighted by Crippen LogP contribution is -2.16. The maximum atomic E-state index is 5.86. The van der Waals surface area contributed by atoms with Crippen molar-refractivity contribution in [2.45, 2.75) is 13.0 Å². The van der Waals surface area contributed by atoms with Crippen molar-refractivity contribution in [3.05, 3.63) is 46.2 Å². The highest BCUT2D eigenvalue weighted by molar-refractivity contribution is 7.10. The van der Waals surface area contributed by atoms with E-state index < -0.39 is 0 Å². The molecule has 0 radical (unpaired) electrons. The van der Waals surface area contributed by atoms with E-state index in [1.807, 2.05) is 13.1 Å². The lowest BCUT2D eigenvalue weighted by molar-refractivity contribution is 0.228. The molecule has 2 atom stereocenters. The zero-order valence-corrected chi connectivity index (χ0v) is 12.6. The summed E-state index contributed by atoms with van der Waals surface area (Å²) in [6, 6.07) is 10.6. The van der Waals surface area contributed by atoms with E-state index in [2.05, 4.69) is 41.9 Å². The van der Waals surface area contributed by atoms with Gasteiger partial charge in [-0.15, -0.1) is 11.3 Å². The second-order valence-electron chi connectivity index (χ2n) is 5.17. The van der Waals surface area contributed by atoms with Crippen molar-refractivity contribution in [1.82, 2.24) is 5.32 Å². The monoisotopic (exact) mass is 289 g/mol. The molecule has 2 heterocycles. The smallest absolute Gasteiger partial charge is 0.161 e. The Labute approximate surface area is 123 Å². The predicted molar refractivity (Wildman–Crippen MR) is 81.8 cm³/mol. The lowest BCUT2D eigenvalue weighted by atomic mass is 10.0. The fourth-order valence-corrected chi connectivity index (χ4v) is 3.24. The minimum Gasteiger partial charge on any atom is -0.489 e. The predicted octanol–water partition coefficient (Wildman–Crippen LogP) is 3.46. The number of hydrogen-bond donors (Lipinski definition) is 1. The van der Waals surface area contributed by atoms with Gasteiger partial charge in [0.15, 0.2) is 11.5 Å². The van der Waals surface area contributed by atoms with Crippen LogP contribution in [0.3, 0.4) is 0 Å². The van der Waals surface area contributed by atoms with E-state index in [1.54, 1.807) is 11.3 Å². The van der Waals surface area contributed by atoms with E-state index in [0.717, 1.165) is 11.5 Å². The second-order valence-corrected chi connectivity index (χ2v) is 6.15. The number of ether oxygens (including phenoxy) is 2. The van der Waals surface area contributed by atoms with Crippen LogP contribution >= 0.6 is 11.3 Å². The Morgan fingerprint density at radius 1 is 1.20 bits per heavy atom. The maximum Gasteiger partial charge on any atom is 0.161 e. The first kappa shape index (κ1) is 13.5. The third kappa shape index (κ3) is 2.67. The molecule has 1 aliphatic heterocycles. The molecule has 1 aromatic heterocycles. The summed E-state index contributed by atoms with van der Waals surface area (Å²) in [6.07, 6.45) is 0. The molecule has 2 unspecified atom stereocenters. The first-order valence-electron chi connectivity index (χ1n) is 6.88. The van der Waals surface area contributed by atoms with E-state index >= 15 is 0 Å². The largest absolute Gasteiger partial charge is 0.489 e. The third-order valence-electron chi connectivity index (χ3n) is 3.46. The summed E-state index contributed by atoms with van der Waals surface area (Å²) in [4.78, 5) is 1.30. The Balaban J connectivity index is 1.91.